The summed E-state index contributed by atoms with van der Waals surface area (Å²) in [6.45, 7) is -0.393. The van der Waals surface area contributed by atoms with E-state index in [-0.39, 0.29) is 17.9 Å². The summed E-state index contributed by atoms with van der Waals surface area (Å²) in [5, 5.41) is 2.93. The van der Waals surface area contributed by atoms with E-state index < -0.39 is 30.0 Å². The summed E-state index contributed by atoms with van der Waals surface area (Å²) in [6.07, 6.45) is -3.61. The zero-order chi connectivity index (χ0) is 20.3. The van der Waals surface area contributed by atoms with Gasteiger partial charge in [-0.15, -0.1) is 0 Å². The van der Waals surface area contributed by atoms with Gasteiger partial charge in [0.1, 0.15) is 12.1 Å². The Bertz CT molecular complexity index is 984. The summed E-state index contributed by atoms with van der Waals surface area (Å²) in [4.78, 5) is 16.2. The number of alkyl halides is 3. The Hall–Kier alpha value is -2.87. The van der Waals surface area contributed by atoms with Crippen molar-refractivity contribution in [2.45, 2.75) is 19.1 Å². The predicted octanol–water partition coefficient (Wildman–Crippen LogP) is 5.01. The molecule has 28 heavy (non-hydrogen) atoms. The average molecular weight is 413 g/mol. The summed E-state index contributed by atoms with van der Waals surface area (Å²) >= 11 is 5.81. The summed E-state index contributed by atoms with van der Waals surface area (Å²) < 4.78 is 57.4. The number of oxazole rings is 1. The fourth-order valence-corrected chi connectivity index (χ4v) is 2.63. The number of amides is 1. The minimum atomic E-state index is -4.72. The van der Waals surface area contributed by atoms with Gasteiger partial charge in [-0.2, -0.15) is 13.2 Å². The van der Waals surface area contributed by atoms with Crippen molar-refractivity contribution in [2.75, 3.05) is 0 Å². The van der Waals surface area contributed by atoms with Crippen molar-refractivity contribution in [3.63, 3.8) is 0 Å². The van der Waals surface area contributed by atoms with Gasteiger partial charge in [-0.3, -0.25) is 4.79 Å². The number of nitrogens with zero attached hydrogens (tertiary/aromatic N) is 1. The standard InChI is InChI=1S/C19H13ClF4N2O2/c20-13-4-1-11(2-5-13)18-26-15(10-28-18)8-17(27)25-9-12-3-6-14(21)7-16(12)19(22,23)24/h1-7,10H,8-9H2,(H,25,27). The van der Waals surface area contributed by atoms with Crippen LogP contribution in [0.3, 0.4) is 0 Å². The van der Waals surface area contributed by atoms with Crippen LogP contribution >= 0.6 is 11.6 Å². The van der Waals surface area contributed by atoms with Crippen molar-refractivity contribution in [1.82, 2.24) is 10.3 Å². The molecule has 0 fully saturated rings. The van der Waals surface area contributed by atoms with Gasteiger partial charge in [-0.25, -0.2) is 9.37 Å². The van der Waals surface area contributed by atoms with Gasteiger partial charge in [-0.05, 0) is 42.0 Å². The Kier molecular flexibility index (Phi) is 5.69. The minimum Gasteiger partial charge on any atom is -0.444 e. The normalized spacial score (nSPS) is 11.5. The Morgan fingerprint density at radius 3 is 2.54 bits per heavy atom. The molecule has 2 aromatic carbocycles. The van der Waals surface area contributed by atoms with Gasteiger partial charge >= 0.3 is 6.18 Å². The van der Waals surface area contributed by atoms with Crippen molar-refractivity contribution >= 4 is 17.5 Å². The van der Waals surface area contributed by atoms with Crippen LogP contribution in [-0.2, 0) is 23.9 Å². The highest BCUT2D eigenvalue weighted by Gasteiger charge is 2.33. The van der Waals surface area contributed by atoms with Crippen molar-refractivity contribution in [3.05, 3.63) is 76.4 Å². The maximum Gasteiger partial charge on any atom is 0.416 e. The van der Waals surface area contributed by atoms with Crippen molar-refractivity contribution < 1.29 is 26.8 Å². The van der Waals surface area contributed by atoms with Gasteiger partial charge in [0.05, 0.1) is 17.7 Å². The van der Waals surface area contributed by atoms with E-state index in [9.17, 15) is 22.4 Å². The van der Waals surface area contributed by atoms with Crippen LogP contribution in [0.15, 0.2) is 53.1 Å². The van der Waals surface area contributed by atoms with E-state index in [1.165, 1.54) is 6.26 Å². The number of nitrogens with one attached hydrogen (secondary N) is 1. The number of hydrogen-bond donors (Lipinski definition) is 1. The number of benzene rings is 2. The lowest BCUT2D eigenvalue weighted by Gasteiger charge is -2.13. The van der Waals surface area contributed by atoms with E-state index in [0.717, 1.165) is 12.1 Å². The molecule has 0 spiro atoms. The molecule has 0 aliphatic rings. The van der Waals surface area contributed by atoms with E-state index in [4.69, 9.17) is 16.0 Å². The first kappa shape index (κ1) is 19.9. The summed E-state index contributed by atoms with van der Waals surface area (Å²) in [6, 6.07) is 9.02. The van der Waals surface area contributed by atoms with Crippen LogP contribution in [0.5, 0.6) is 0 Å². The zero-order valence-electron chi connectivity index (χ0n) is 14.2. The summed E-state index contributed by atoms with van der Waals surface area (Å²) in [7, 11) is 0. The molecule has 0 unspecified atom stereocenters. The molecule has 9 heteroatoms. The molecule has 0 bridgehead atoms. The Labute approximate surface area is 162 Å². The summed E-state index contributed by atoms with van der Waals surface area (Å²) in [5.41, 5.74) is -0.377. The molecule has 1 amide bonds. The monoisotopic (exact) mass is 412 g/mol. The molecular formula is C19H13ClF4N2O2. The second-order valence-electron chi connectivity index (χ2n) is 5.90. The molecule has 0 saturated carbocycles. The number of carbonyl (C=O) groups excluding carboxylic acids is 1. The maximum atomic E-state index is 13.1. The third kappa shape index (κ3) is 4.89. The highest BCUT2D eigenvalue weighted by molar-refractivity contribution is 6.30. The first-order chi connectivity index (χ1) is 13.2. The van der Waals surface area contributed by atoms with E-state index in [0.29, 0.717) is 22.3 Å². The molecule has 0 radical (unpaired) electrons. The topological polar surface area (TPSA) is 55.1 Å². The van der Waals surface area contributed by atoms with Crippen LogP contribution in [-0.4, -0.2) is 10.9 Å². The van der Waals surface area contributed by atoms with Crippen LogP contribution in [0, 0.1) is 5.82 Å². The molecule has 3 rings (SSSR count). The van der Waals surface area contributed by atoms with Gasteiger partial charge in [0.2, 0.25) is 11.8 Å². The summed E-state index contributed by atoms with van der Waals surface area (Å²) in [5.74, 6) is -1.26. The molecule has 1 heterocycles. The fourth-order valence-electron chi connectivity index (χ4n) is 2.50. The van der Waals surface area contributed by atoms with Crippen LogP contribution in [0.2, 0.25) is 5.02 Å². The lowest BCUT2D eigenvalue weighted by Crippen LogP contribution is -2.26. The molecule has 0 aliphatic carbocycles. The number of carbonyl (C=O) groups is 1. The van der Waals surface area contributed by atoms with Gasteiger partial charge in [0, 0.05) is 17.1 Å². The van der Waals surface area contributed by atoms with Gasteiger partial charge in [0.15, 0.2) is 0 Å². The largest absolute Gasteiger partial charge is 0.444 e. The van der Waals surface area contributed by atoms with Crippen LogP contribution < -0.4 is 5.32 Å². The number of halogens is 5. The second kappa shape index (κ2) is 8.02. The van der Waals surface area contributed by atoms with E-state index >= 15 is 0 Å². The smallest absolute Gasteiger partial charge is 0.416 e. The second-order valence-corrected chi connectivity index (χ2v) is 6.34. The SMILES string of the molecule is O=C(Cc1coc(-c2ccc(Cl)cc2)n1)NCc1ccc(F)cc1C(F)(F)F. The number of rotatable bonds is 5. The van der Waals surface area contributed by atoms with Crippen molar-refractivity contribution in [1.29, 1.82) is 0 Å². The molecule has 4 nitrogen and oxygen atoms in total. The van der Waals surface area contributed by atoms with Crippen LogP contribution in [0.4, 0.5) is 17.6 Å². The molecule has 1 aromatic heterocycles. The van der Waals surface area contributed by atoms with E-state index in [1.54, 1.807) is 24.3 Å². The first-order valence-electron chi connectivity index (χ1n) is 8.05. The molecule has 3 aromatic rings. The highest BCUT2D eigenvalue weighted by atomic mass is 35.5. The van der Waals surface area contributed by atoms with Crippen LogP contribution in [0.1, 0.15) is 16.8 Å². The van der Waals surface area contributed by atoms with Gasteiger partial charge < -0.3 is 9.73 Å². The maximum absolute atomic E-state index is 13.1. The quantitative estimate of drug-likeness (QED) is 0.599. The Morgan fingerprint density at radius 2 is 1.86 bits per heavy atom. The molecular weight excluding hydrogens is 400 g/mol. The van der Waals surface area contributed by atoms with Gasteiger partial charge in [0.25, 0.3) is 0 Å². The lowest BCUT2D eigenvalue weighted by molar-refractivity contribution is -0.138. The lowest BCUT2D eigenvalue weighted by atomic mass is 10.1. The minimum absolute atomic E-state index is 0.181. The third-order valence-electron chi connectivity index (χ3n) is 3.84. The average Bonchev–Trinajstić information content (AvgIpc) is 3.09. The Morgan fingerprint density at radius 1 is 1.14 bits per heavy atom. The molecule has 146 valence electrons. The number of aromatic nitrogens is 1. The van der Waals surface area contributed by atoms with Crippen molar-refractivity contribution in [3.8, 4) is 11.5 Å². The molecule has 0 saturated heterocycles. The zero-order valence-corrected chi connectivity index (χ0v) is 14.9. The van der Waals surface area contributed by atoms with E-state index in [2.05, 4.69) is 10.3 Å². The van der Waals surface area contributed by atoms with Crippen LogP contribution in [0.25, 0.3) is 11.5 Å². The molecule has 0 atom stereocenters. The Balaban J connectivity index is 1.64. The van der Waals surface area contributed by atoms with E-state index in [1.807, 2.05) is 0 Å². The fraction of sp³-hybridized carbons (Fsp3) is 0.158. The number of hydrogen-bond acceptors (Lipinski definition) is 3. The predicted molar refractivity (Wildman–Crippen MR) is 93.9 cm³/mol. The highest BCUT2D eigenvalue weighted by Crippen LogP contribution is 2.32. The first-order valence-corrected chi connectivity index (χ1v) is 8.43. The molecule has 1 N–H and O–H groups in total. The van der Waals surface area contributed by atoms with Crippen molar-refractivity contribution in [2.24, 2.45) is 0 Å². The van der Waals surface area contributed by atoms with Gasteiger partial charge in [-0.1, -0.05) is 17.7 Å². The molecule has 0 aliphatic heterocycles. The third-order valence-corrected chi connectivity index (χ3v) is 4.09.